The van der Waals surface area contributed by atoms with E-state index >= 15 is 0 Å². The largest absolute Gasteiger partial charge is 0.379 e. The quantitative estimate of drug-likeness (QED) is 0.632. The molecule has 0 aliphatic carbocycles. The third kappa shape index (κ3) is 2.89. The molecule has 122 valence electrons. The molecule has 4 rings (SSSR count). The maximum absolute atomic E-state index is 10.9. The van der Waals surface area contributed by atoms with Gasteiger partial charge in [0.25, 0.3) is 5.69 Å². The van der Waals surface area contributed by atoms with E-state index in [9.17, 15) is 10.1 Å². The highest BCUT2D eigenvalue weighted by atomic mass is 32.1. The molecular weight excluding hydrogens is 316 g/mol. The molecule has 0 amide bonds. The second-order valence-electron chi connectivity index (χ2n) is 5.94. The van der Waals surface area contributed by atoms with Crippen molar-refractivity contribution in [2.45, 2.75) is 12.5 Å². The molecule has 2 aromatic rings. The van der Waals surface area contributed by atoms with Crippen LogP contribution < -0.4 is 4.90 Å². The number of aromatic nitrogens is 1. The Bertz CT molecular complexity index is 729. The number of thiazole rings is 1. The fraction of sp³-hybridized carbons (Fsp3) is 0.533. The molecule has 0 bridgehead atoms. The van der Waals surface area contributed by atoms with Gasteiger partial charge in [0.2, 0.25) is 0 Å². The molecule has 0 radical (unpaired) electrons. The molecule has 2 saturated heterocycles. The first kappa shape index (κ1) is 14.8. The SMILES string of the molecule is O=[N+]([O-])c1ccc2nc(N3CC[C@H](N4CCOCC4)C3)sc2c1. The Kier molecular flexibility index (Phi) is 3.88. The summed E-state index contributed by atoms with van der Waals surface area (Å²) >= 11 is 1.54. The first-order chi connectivity index (χ1) is 11.2. The Balaban J connectivity index is 1.52. The molecule has 2 aliphatic rings. The zero-order valence-corrected chi connectivity index (χ0v) is 13.5. The first-order valence-electron chi connectivity index (χ1n) is 7.82. The van der Waals surface area contributed by atoms with Crippen LogP contribution in [-0.4, -0.2) is 60.2 Å². The summed E-state index contributed by atoms with van der Waals surface area (Å²) in [6, 6.07) is 5.43. The zero-order chi connectivity index (χ0) is 15.8. The Hall–Kier alpha value is -1.77. The van der Waals surface area contributed by atoms with Gasteiger partial charge in [-0.3, -0.25) is 15.0 Å². The molecule has 3 heterocycles. The molecular formula is C15H18N4O3S. The van der Waals surface area contributed by atoms with Gasteiger partial charge >= 0.3 is 0 Å². The number of anilines is 1. The van der Waals surface area contributed by atoms with Crippen LogP contribution in [0.1, 0.15) is 6.42 Å². The number of fused-ring (bicyclic) bond motifs is 1. The summed E-state index contributed by atoms with van der Waals surface area (Å²) in [7, 11) is 0. The summed E-state index contributed by atoms with van der Waals surface area (Å²) in [5.74, 6) is 0. The van der Waals surface area contributed by atoms with Crippen LogP contribution in [0, 0.1) is 10.1 Å². The van der Waals surface area contributed by atoms with Crippen molar-refractivity contribution in [2.24, 2.45) is 0 Å². The molecule has 7 nitrogen and oxygen atoms in total. The lowest BCUT2D eigenvalue weighted by atomic mass is 10.2. The van der Waals surface area contributed by atoms with Gasteiger partial charge in [-0.2, -0.15) is 0 Å². The lowest BCUT2D eigenvalue weighted by Crippen LogP contribution is -2.44. The molecule has 2 fully saturated rings. The van der Waals surface area contributed by atoms with Gasteiger partial charge in [0, 0.05) is 44.4 Å². The summed E-state index contributed by atoms with van der Waals surface area (Å²) < 4.78 is 6.30. The van der Waals surface area contributed by atoms with Crippen LogP contribution in [0.25, 0.3) is 10.2 Å². The van der Waals surface area contributed by atoms with E-state index in [1.165, 1.54) is 6.07 Å². The van der Waals surface area contributed by atoms with Gasteiger partial charge in [0.05, 0.1) is 28.4 Å². The van der Waals surface area contributed by atoms with Gasteiger partial charge in [-0.15, -0.1) is 0 Å². The Labute approximate surface area is 137 Å². The van der Waals surface area contributed by atoms with Crippen LogP contribution in [0.15, 0.2) is 18.2 Å². The molecule has 0 unspecified atom stereocenters. The molecule has 8 heteroatoms. The minimum absolute atomic E-state index is 0.125. The number of morpholine rings is 1. The minimum Gasteiger partial charge on any atom is -0.379 e. The average Bonchev–Trinajstić information content (AvgIpc) is 3.21. The number of non-ortho nitro benzene ring substituents is 1. The predicted molar refractivity (Wildman–Crippen MR) is 89.3 cm³/mol. The number of nitro groups is 1. The molecule has 1 atom stereocenters. The summed E-state index contributed by atoms with van der Waals surface area (Å²) in [4.78, 5) is 20.0. The minimum atomic E-state index is -0.358. The maximum Gasteiger partial charge on any atom is 0.270 e. The van der Waals surface area contributed by atoms with Crippen molar-refractivity contribution in [3.05, 3.63) is 28.3 Å². The van der Waals surface area contributed by atoms with Gasteiger partial charge in [0.1, 0.15) is 0 Å². The maximum atomic E-state index is 10.9. The summed E-state index contributed by atoms with van der Waals surface area (Å²) in [5, 5.41) is 11.9. The van der Waals surface area contributed by atoms with Crippen molar-refractivity contribution in [3.63, 3.8) is 0 Å². The monoisotopic (exact) mass is 334 g/mol. The van der Waals surface area contributed by atoms with E-state index in [0.717, 1.165) is 61.2 Å². The van der Waals surface area contributed by atoms with Crippen molar-refractivity contribution in [1.82, 2.24) is 9.88 Å². The lowest BCUT2D eigenvalue weighted by molar-refractivity contribution is -0.384. The van der Waals surface area contributed by atoms with Crippen molar-refractivity contribution in [3.8, 4) is 0 Å². The fourth-order valence-corrected chi connectivity index (χ4v) is 4.34. The number of rotatable bonds is 3. The number of hydrogen-bond donors (Lipinski definition) is 0. The number of benzene rings is 1. The van der Waals surface area contributed by atoms with Crippen LogP contribution in [0.3, 0.4) is 0 Å². The fourth-order valence-electron chi connectivity index (χ4n) is 3.31. The second kappa shape index (κ2) is 6.03. The number of nitrogens with zero attached hydrogens (tertiary/aromatic N) is 4. The zero-order valence-electron chi connectivity index (χ0n) is 12.7. The predicted octanol–water partition coefficient (Wildman–Crippen LogP) is 2.12. The summed E-state index contributed by atoms with van der Waals surface area (Å²) in [6.45, 7) is 5.61. The number of hydrogen-bond acceptors (Lipinski definition) is 7. The van der Waals surface area contributed by atoms with Gasteiger partial charge in [-0.25, -0.2) is 4.98 Å². The third-order valence-electron chi connectivity index (χ3n) is 4.57. The van der Waals surface area contributed by atoms with Crippen LogP contribution in [-0.2, 0) is 4.74 Å². The van der Waals surface area contributed by atoms with Crippen LogP contribution in [0.4, 0.5) is 10.8 Å². The highest BCUT2D eigenvalue weighted by Crippen LogP contribution is 2.33. The van der Waals surface area contributed by atoms with Crippen molar-refractivity contribution < 1.29 is 9.66 Å². The number of ether oxygens (including phenoxy) is 1. The third-order valence-corrected chi connectivity index (χ3v) is 5.65. The van der Waals surface area contributed by atoms with Crippen molar-refractivity contribution in [2.75, 3.05) is 44.3 Å². The number of nitro benzene ring substituents is 1. The molecule has 0 spiro atoms. The Morgan fingerprint density at radius 3 is 2.91 bits per heavy atom. The lowest BCUT2D eigenvalue weighted by Gasteiger charge is -2.32. The average molecular weight is 334 g/mol. The molecule has 1 aromatic heterocycles. The molecule has 0 N–H and O–H groups in total. The van der Waals surface area contributed by atoms with Gasteiger partial charge in [-0.05, 0) is 12.5 Å². The van der Waals surface area contributed by atoms with E-state index < -0.39 is 0 Å². The van der Waals surface area contributed by atoms with Gasteiger partial charge < -0.3 is 9.64 Å². The van der Waals surface area contributed by atoms with Gasteiger partial charge in [0.15, 0.2) is 5.13 Å². The molecule has 2 aliphatic heterocycles. The van der Waals surface area contributed by atoms with Crippen LogP contribution >= 0.6 is 11.3 Å². The van der Waals surface area contributed by atoms with E-state index in [4.69, 9.17) is 4.74 Å². The summed E-state index contributed by atoms with van der Waals surface area (Å²) in [5.41, 5.74) is 0.964. The van der Waals surface area contributed by atoms with E-state index in [0.29, 0.717) is 6.04 Å². The molecule has 1 aromatic carbocycles. The van der Waals surface area contributed by atoms with E-state index in [1.807, 2.05) is 0 Å². The van der Waals surface area contributed by atoms with E-state index in [-0.39, 0.29) is 10.6 Å². The van der Waals surface area contributed by atoms with Crippen molar-refractivity contribution >= 4 is 32.4 Å². The van der Waals surface area contributed by atoms with Crippen molar-refractivity contribution in [1.29, 1.82) is 0 Å². The highest BCUT2D eigenvalue weighted by Gasteiger charge is 2.30. The van der Waals surface area contributed by atoms with Crippen LogP contribution in [0.5, 0.6) is 0 Å². The molecule has 0 saturated carbocycles. The van der Waals surface area contributed by atoms with E-state index in [2.05, 4.69) is 14.8 Å². The molecule has 23 heavy (non-hydrogen) atoms. The Morgan fingerprint density at radius 1 is 1.30 bits per heavy atom. The standard InChI is InChI=1S/C15H18N4O3S/c20-19(21)11-1-2-13-14(9-11)23-15(16-13)18-4-3-12(10-18)17-5-7-22-8-6-17/h1-2,9,12H,3-8,10H2/t12-/m0/s1. The topological polar surface area (TPSA) is 71.7 Å². The first-order valence-corrected chi connectivity index (χ1v) is 8.64. The highest BCUT2D eigenvalue weighted by molar-refractivity contribution is 7.22. The Morgan fingerprint density at radius 2 is 2.13 bits per heavy atom. The smallest absolute Gasteiger partial charge is 0.270 e. The second-order valence-corrected chi connectivity index (χ2v) is 6.95. The van der Waals surface area contributed by atoms with Crippen LogP contribution in [0.2, 0.25) is 0 Å². The summed E-state index contributed by atoms with van der Waals surface area (Å²) in [6.07, 6.45) is 1.13. The normalized spacial score (nSPS) is 22.8. The van der Waals surface area contributed by atoms with Gasteiger partial charge in [-0.1, -0.05) is 11.3 Å². The van der Waals surface area contributed by atoms with E-state index in [1.54, 1.807) is 23.5 Å².